The maximum absolute atomic E-state index is 12.4. The lowest BCUT2D eigenvalue weighted by Gasteiger charge is -2.56. The Bertz CT molecular complexity index is 451. The van der Waals surface area contributed by atoms with E-state index < -0.39 is 0 Å². The second kappa shape index (κ2) is 8.13. The Kier molecular flexibility index (Phi) is 6.83. The molecule has 0 radical (unpaired) electrons. The summed E-state index contributed by atoms with van der Waals surface area (Å²) in [5.74, 6) is 5.17. The molecule has 4 aliphatic rings. The molecule has 0 amide bonds. The molecule has 1 nitrogen and oxygen atoms in total. The summed E-state index contributed by atoms with van der Waals surface area (Å²) in [6, 6.07) is 0. The van der Waals surface area contributed by atoms with E-state index in [0.717, 1.165) is 36.0 Å². The topological polar surface area (TPSA) is 17.1 Å². The molecule has 0 aromatic carbocycles. The first kappa shape index (κ1) is 21.0. The molecule has 0 spiro atoms. The first-order valence-electron chi connectivity index (χ1n) is 11.4. The number of carbonyl (C=O) groups excluding carboxylic acids is 1. The third-order valence-electron chi connectivity index (χ3n) is 8.20. The van der Waals surface area contributed by atoms with Gasteiger partial charge in [-0.1, -0.05) is 48.5 Å². The molecule has 25 heavy (non-hydrogen) atoms. The third kappa shape index (κ3) is 3.72. The number of Topliss-reactive ketones (excluding diaryl/α,β-unsaturated/α-hetero) is 1. The van der Waals surface area contributed by atoms with Crippen LogP contribution in [0, 0.1) is 40.4 Å². The smallest absolute Gasteiger partial charge is 0.139 e. The highest BCUT2D eigenvalue weighted by atomic mass is 16.1. The average Bonchev–Trinajstić information content (AvgIpc) is 2.92. The summed E-state index contributed by atoms with van der Waals surface area (Å²) in [6.45, 7) is 15.3. The molecule has 4 fully saturated rings. The molecular formula is C24H44O. The molecule has 0 aromatic rings. The molecule has 0 N–H and O–H groups in total. The Hall–Kier alpha value is -0.330. The number of carbonyl (C=O) groups is 1. The Labute approximate surface area is 157 Å². The lowest BCUT2D eigenvalue weighted by molar-refractivity contribution is -0.133. The molecule has 0 aliphatic heterocycles. The van der Waals surface area contributed by atoms with Gasteiger partial charge < -0.3 is 0 Å². The summed E-state index contributed by atoms with van der Waals surface area (Å²) >= 11 is 0. The SMILES string of the molecule is CC.CC.CC1(C)CCC2C(CCC3C2CCC2(C)C(=O)CCC32)C1. The molecule has 4 rings (SSSR count). The normalized spacial score (nSPS) is 44.1. The first-order chi connectivity index (χ1) is 11.9. The van der Waals surface area contributed by atoms with Crippen molar-refractivity contribution in [2.24, 2.45) is 40.4 Å². The third-order valence-corrected chi connectivity index (χ3v) is 8.20. The Morgan fingerprint density at radius 3 is 2.08 bits per heavy atom. The molecule has 0 bridgehead atoms. The van der Waals surface area contributed by atoms with Crippen molar-refractivity contribution in [3.05, 3.63) is 0 Å². The summed E-state index contributed by atoms with van der Waals surface area (Å²) < 4.78 is 0. The van der Waals surface area contributed by atoms with Crippen LogP contribution in [0.25, 0.3) is 0 Å². The summed E-state index contributed by atoms with van der Waals surface area (Å²) in [5.41, 5.74) is 0.655. The zero-order valence-electron chi connectivity index (χ0n) is 18.2. The molecule has 6 unspecified atom stereocenters. The van der Waals surface area contributed by atoms with E-state index in [0.29, 0.717) is 11.2 Å². The van der Waals surface area contributed by atoms with Gasteiger partial charge in [0.1, 0.15) is 5.78 Å². The fourth-order valence-electron chi connectivity index (χ4n) is 7.08. The number of hydrogen-bond acceptors (Lipinski definition) is 1. The van der Waals surface area contributed by atoms with Crippen molar-refractivity contribution in [2.75, 3.05) is 0 Å². The van der Waals surface area contributed by atoms with E-state index in [2.05, 4.69) is 20.8 Å². The Balaban J connectivity index is 0.000000528. The minimum atomic E-state index is 0.0714. The van der Waals surface area contributed by atoms with Crippen molar-refractivity contribution in [3.8, 4) is 0 Å². The molecule has 0 aromatic heterocycles. The highest BCUT2D eigenvalue weighted by molar-refractivity contribution is 5.87. The van der Waals surface area contributed by atoms with Gasteiger partial charge in [-0.3, -0.25) is 4.79 Å². The number of rotatable bonds is 0. The minimum Gasteiger partial charge on any atom is -0.299 e. The fraction of sp³-hybridized carbons (Fsp3) is 0.958. The summed E-state index contributed by atoms with van der Waals surface area (Å²) in [4.78, 5) is 12.4. The van der Waals surface area contributed by atoms with Crippen molar-refractivity contribution in [1.82, 2.24) is 0 Å². The highest BCUT2D eigenvalue weighted by Crippen LogP contribution is 2.62. The molecule has 0 heterocycles. The van der Waals surface area contributed by atoms with Crippen LogP contribution in [0.3, 0.4) is 0 Å². The molecule has 0 saturated heterocycles. The van der Waals surface area contributed by atoms with E-state index in [1.807, 2.05) is 27.7 Å². The van der Waals surface area contributed by atoms with Crippen LogP contribution in [0.1, 0.15) is 106 Å². The first-order valence-corrected chi connectivity index (χ1v) is 11.4. The Morgan fingerprint density at radius 1 is 0.760 bits per heavy atom. The van der Waals surface area contributed by atoms with Crippen molar-refractivity contribution in [1.29, 1.82) is 0 Å². The van der Waals surface area contributed by atoms with Gasteiger partial charge in [0, 0.05) is 11.8 Å². The quantitative estimate of drug-likeness (QED) is 0.449. The number of hydrogen-bond donors (Lipinski definition) is 0. The van der Waals surface area contributed by atoms with Gasteiger partial charge in [0.15, 0.2) is 0 Å². The number of fused-ring (bicyclic) bond motifs is 5. The van der Waals surface area contributed by atoms with Gasteiger partial charge in [0.25, 0.3) is 0 Å². The van der Waals surface area contributed by atoms with E-state index >= 15 is 0 Å². The van der Waals surface area contributed by atoms with Crippen molar-refractivity contribution >= 4 is 5.78 Å². The number of ketones is 1. The van der Waals surface area contributed by atoms with Crippen LogP contribution in [-0.4, -0.2) is 5.78 Å². The van der Waals surface area contributed by atoms with Gasteiger partial charge >= 0.3 is 0 Å². The average molecular weight is 349 g/mol. The van der Waals surface area contributed by atoms with Crippen molar-refractivity contribution in [2.45, 2.75) is 106 Å². The van der Waals surface area contributed by atoms with E-state index in [1.165, 1.54) is 51.4 Å². The van der Waals surface area contributed by atoms with Gasteiger partial charge in [-0.25, -0.2) is 0 Å². The predicted molar refractivity (Wildman–Crippen MR) is 109 cm³/mol. The lowest BCUT2D eigenvalue weighted by atomic mass is 9.49. The molecule has 1 heteroatoms. The van der Waals surface area contributed by atoms with Crippen molar-refractivity contribution < 1.29 is 4.79 Å². The monoisotopic (exact) mass is 348 g/mol. The van der Waals surface area contributed by atoms with E-state index in [-0.39, 0.29) is 5.41 Å². The standard InChI is InChI=1S/C20H32O.2C2H6/c1-19(2)10-8-14-13(12-19)4-5-16-15(14)9-11-20(3)17(16)6-7-18(20)21;2*1-2/h13-17H,4-12H2,1-3H3;2*1-2H3. The van der Waals surface area contributed by atoms with Crippen LogP contribution >= 0.6 is 0 Å². The van der Waals surface area contributed by atoms with Crippen LogP contribution < -0.4 is 0 Å². The summed E-state index contributed by atoms with van der Waals surface area (Å²) in [6.07, 6.45) is 11.9. The van der Waals surface area contributed by atoms with Gasteiger partial charge in [-0.2, -0.15) is 0 Å². The lowest BCUT2D eigenvalue weighted by Crippen LogP contribution is -2.49. The van der Waals surface area contributed by atoms with E-state index in [9.17, 15) is 4.79 Å². The van der Waals surface area contributed by atoms with Gasteiger partial charge in [0.2, 0.25) is 0 Å². The summed E-state index contributed by atoms with van der Waals surface area (Å²) in [7, 11) is 0. The highest BCUT2D eigenvalue weighted by Gasteiger charge is 2.57. The predicted octanol–water partition coefficient (Wildman–Crippen LogP) is 7.29. The van der Waals surface area contributed by atoms with Crippen LogP contribution in [0.15, 0.2) is 0 Å². The zero-order valence-corrected chi connectivity index (χ0v) is 18.2. The van der Waals surface area contributed by atoms with E-state index in [1.54, 1.807) is 0 Å². The second-order valence-electron chi connectivity index (χ2n) is 9.76. The fourth-order valence-corrected chi connectivity index (χ4v) is 7.08. The molecule has 4 saturated carbocycles. The molecule has 6 atom stereocenters. The van der Waals surface area contributed by atoms with Crippen LogP contribution in [-0.2, 0) is 4.79 Å². The van der Waals surface area contributed by atoms with Crippen molar-refractivity contribution in [3.63, 3.8) is 0 Å². The maximum atomic E-state index is 12.4. The van der Waals surface area contributed by atoms with Gasteiger partial charge in [-0.15, -0.1) is 0 Å². The molecule has 146 valence electrons. The van der Waals surface area contributed by atoms with Crippen LogP contribution in [0.4, 0.5) is 0 Å². The van der Waals surface area contributed by atoms with Gasteiger partial charge in [0.05, 0.1) is 0 Å². The minimum absolute atomic E-state index is 0.0714. The largest absolute Gasteiger partial charge is 0.299 e. The Morgan fingerprint density at radius 2 is 1.40 bits per heavy atom. The molecule has 4 aliphatic carbocycles. The van der Waals surface area contributed by atoms with Crippen LogP contribution in [0.5, 0.6) is 0 Å². The zero-order chi connectivity index (χ0) is 18.8. The second-order valence-corrected chi connectivity index (χ2v) is 9.76. The van der Waals surface area contributed by atoms with Crippen LogP contribution in [0.2, 0.25) is 0 Å². The summed E-state index contributed by atoms with van der Waals surface area (Å²) in [5, 5.41) is 0. The van der Waals surface area contributed by atoms with Gasteiger partial charge in [-0.05, 0) is 86.4 Å². The maximum Gasteiger partial charge on any atom is 0.139 e. The van der Waals surface area contributed by atoms with E-state index in [4.69, 9.17) is 0 Å². The molecular weight excluding hydrogens is 304 g/mol.